The van der Waals surface area contributed by atoms with Gasteiger partial charge in [0.1, 0.15) is 23.1 Å². The molecule has 1 atom stereocenters. The lowest BCUT2D eigenvalue weighted by molar-refractivity contribution is -0.148. The number of fused-ring (bicyclic) bond motifs is 3. The van der Waals surface area contributed by atoms with Crippen LogP contribution < -0.4 is 9.64 Å². The summed E-state index contributed by atoms with van der Waals surface area (Å²) in [7, 11) is 1.65. The number of hydrogen-bond donors (Lipinski definition) is 1. The predicted octanol–water partition coefficient (Wildman–Crippen LogP) is 2.90. The Morgan fingerprint density at radius 1 is 1.38 bits per heavy atom. The summed E-state index contributed by atoms with van der Waals surface area (Å²) in [6.45, 7) is 3.73. The number of benzene rings is 1. The summed E-state index contributed by atoms with van der Waals surface area (Å²) >= 11 is 0. The van der Waals surface area contributed by atoms with Crippen molar-refractivity contribution in [1.29, 1.82) is 0 Å². The second-order valence-corrected chi connectivity index (χ2v) is 6.49. The van der Waals surface area contributed by atoms with Gasteiger partial charge >= 0.3 is 5.97 Å². The average molecular weight is 354 g/mol. The average Bonchev–Trinajstić information content (AvgIpc) is 3.06. The molecular formula is C19H22N4O3. The van der Waals surface area contributed by atoms with Crippen LogP contribution in [0, 0.1) is 5.92 Å². The molecule has 4 rings (SSSR count). The topological polar surface area (TPSA) is 80.3 Å². The smallest absolute Gasteiger partial charge is 0.310 e. The van der Waals surface area contributed by atoms with E-state index in [0.717, 1.165) is 52.9 Å². The number of aromatic nitrogens is 3. The van der Waals surface area contributed by atoms with Crippen LogP contribution in [-0.4, -0.2) is 47.7 Å². The number of anilines is 1. The fraction of sp³-hybridized carbons (Fsp3) is 0.421. The Kier molecular flexibility index (Phi) is 4.36. The van der Waals surface area contributed by atoms with Crippen molar-refractivity contribution in [3.05, 3.63) is 24.5 Å². The third kappa shape index (κ3) is 2.83. The molecule has 1 N–H and O–H groups in total. The molecule has 7 heteroatoms. The van der Waals surface area contributed by atoms with E-state index in [0.29, 0.717) is 13.2 Å². The molecule has 0 amide bonds. The Bertz CT molecular complexity index is 953. The summed E-state index contributed by atoms with van der Waals surface area (Å²) < 4.78 is 10.5. The summed E-state index contributed by atoms with van der Waals surface area (Å²) in [5.41, 5.74) is 2.73. The van der Waals surface area contributed by atoms with E-state index in [1.165, 1.54) is 0 Å². The highest BCUT2D eigenvalue weighted by molar-refractivity contribution is 6.08. The molecule has 3 heterocycles. The van der Waals surface area contributed by atoms with Gasteiger partial charge in [-0.3, -0.25) is 4.79 Å². The highest BCUT2D eigenvalue weighted by Gasteiger charge is 2.29. The fourth-order valence-electron chi connectivity index (χ4n) is 3.65. The van der Waals surface area contributed by atoms with E-state index in [-0.39, 0.29) is 11.9 Å². The number of H-pyrrole nitrogens is 1. The molecule has 1 saturated heterocycles. The molecule has 1 aliphatic rings. The van der Waals surface area contributed by atoms with Crippen molar-refractivity contribution in [3.8, 4) is 5.75 Å². The van der Waals surface area contributed by atoms with E-state index < -0.39 is 0 Å². The lowest BCUT2D eigenvalue weighted by atomic mass is 9.98. The number of rotatable bonds is 4. The molecule has 136 valence electrons. The van der Waals surface area contributed by atoms with Gasteiger partial charge in [-0.05, 0) is 31.9 Å². The molecule has 26 heavy (non-hydrogen) atoms. The predicted molar refractivity (Wildman–Crippen MR) is 99.5 cm³/mol. The molecule has 0 saturated carbocycles. The Hall–Kier alpha value is -2.83. The summed E-state index contributed by atoms with van der Waals surface area (Å²) in [5.74, 6) is 1.39. The summed E-state index contributed by atoms with van der Waals surface area (Å²) in [5, 5.41) is 1.03. The molecule has 1 aliphatic heterocycles. The van der Waals surface area contributed by atoms with Gasteiger partial charge in [0.2, 0.25) is 0 Å². The van der Waals surface area contributed by atoms with Crippen molar-refractivity contribution in [2.75, 3.05) is 31.7 Å². The van der Waals surface area contributed by atoms with E-state index in [1.807, 2.05) is 25.1 Å². The van der Waals surface area contributed by atoms with Crippen molar-refractivity contribution in [2.24, 2.45) is 5.92 Å². The number of aromatic amines is 1. The first-order valence-electron chi connectivity index (χ1n) is 8.93. The zero-order valence-electron chi connectivity index (χ0n) is 15.0. The normalized spacial score (nSPS) is 17.6. The number of hydrogen-bond acceptors (Lipinski definition) is 6. The number of carbonyl (C=O) groups excluding carboxylic acids is 1. The van der Waals surface area contributed by atoms with Crippen molar-refractivity contribution in [1.82, 2.24) is 15.0 Å². The zero-order chi connectivity index (χ0) is 18.1. The lowest BCUT2D eigenvalue weighted by Gasteiger charge is -2.32. The van der Waals surface area contributed by atoms with Crippen LogP contribution in [0.15, 0.2) is 24.5 Å². The zero-order valence-corrected chi connectivity index (χ0v) is 15.0. The van der Waals surface area contributed by atoms with Crippen LogP contribution in [0.4, 0.5) is 5.82 Å². The maximum atomic E-state index is 12.1. The second-order valence-electron chi connectivity index (χ2n) is 6.49. The van der Waals surface area contributed by atoms with Crippen LogP contribution in [0.2, 0.25) is 0 Å². The monoisotopic (exact) mass is 354 g/mol. The van der Waals surface area contributed by atoms with Crippen LogP contribution in [0.25, 0.3) is 21.9 Å². The van der Waals surface area contributed by atoms with E-state index in [1.54, 1.807) is 13.4 Å². The van der Waals surface area contributed by atoms with Crippen molar-refractivity contribution >= 4 is 33.7 Å². The van der Waals surface area contributed by atoms with Crippen LogP contribution in [0.1, 0.15) is 19.8 Å². The standard InChI is InChI=1S/C19H22N4O3/c1-3-26-19(24)12-5-4-8-23(10-12)18-17-16(20-11-21-18)14-7-6-13(25-2)9-15(14)22-17/h6-7,9,11-12,22H,3-5,8,10H2,1-2H3/t12-/m0/s1. The van der Waals surface area contributed by atoms with Crippen LogP contribution in [0.5, 0.6) is 5.75 Å². The number of nitrogens with zero attached hydrogens (tertiary/aromatic N) is 3. The molecule has 0 unspecified atom stereocenters. The van der Waals surface area contributed by atoms with Gasteiger partial charge < -0.3 is 19.4 Å². The Labute approximate surface area is 151 Å². The number of piperidine rings is 1. The molecular weight excluding hydrogens is 332 g/mol. The van der Waals surface area contributed by atoms with Crippen LogP contribution in [-0.2, 0) is 9.53 Å². The Morgan fingerprint density at radius 3 is 3.08 bits per heavy atom. The Balaban J connectivity index is 1.73. The first kappa shape index (κ1) is 16.6. The first-order valence-corrected chi connectivity index (χ1v) is 8.93. The van der Waals surface area contributed by atoms with Gasteiger partial charge in [0, 0.05) is 24.5 Å². The SMILES string of the molecule is CCOC(=O)[C@H]1CCCN(c2ncnc3c2[nH]c2cc(OC)ccc23)C1. The van der Waals surface area contributed by atoms with E-state index >= 15 is 0 Å². The third-order valence-electron chi connectivity index (χ3n) is 4.91. The fourth-order valence-corrected chi connectivity index (χ4v) is 3.65. The van der Waals surface area contributed by atoms with Crippen LogP contribution in [0.3, 0.4) is 0 Å². The van der Waals surface area contributed by atoms with Gasteiger partial charge in [-0.1, -0.05) is 0 Å². The Morgan fingerprint density at radius 2 is 2.27 bits per heavy atom. The van der Waals surface area contributed by atoms with Crippen molar-refractivity contribution in [3.63, 3.8) is 0 Å². The molecule has 0 radical (unpaired) electrons. The maximum Gasteiger partial charge on any atom is 0.310 e. The number of methoxy groups -OCH3 is 1. The minimum Gasteiger partial charge on any atom is -0.497 e. The minimum atomic E-state index is -0.121. The molecule has 1 fully saturated rings. The van der Waals surface area contributed by atoms with Gasteiger partial charge in [-0.2, -0.15) is 0 Å². The quantitative estimate of drug-likeness (QED) is 0.726. The van der Waals surface area contributed by atoms with Crippen molar-refractivity contribution < 1.29 is 14.3 Å². The first-order chi connectivity index (χ1) is 12.7. The number of esters is 1. The minimum absolute atomic E-state index is 0.113. The van der Waals surface area contributed by atoms with E-state index in [9.17, 15) is 4.79 Å². The summed E-state index contributed by atoms with van der Waals surface area (Å²) in [6, 6.07) is 5.88. The van der Waals surface area contributed by atoms with Gasteiger partial charge in [-0.25, -0.2) is 9.97 Å². The highest BCUT2D eigenvalue weighted by atomic mass is 16.5. The van der Waals surface area contributed by atoms with Crippen LogP contribution >= 0.6 is 0 Å². The summed E-state index contributed by atoms with van der Waals surface area (Å²) in [6.07, 6.45) is 3.37. The molecule has 3 aromatic rings. The second kappa shape index (κ2) is 6.82. The molecule has 2 aromatic heterocycles. The highest BCUT2D eigenvalue weighted by Crippen LogP contribution is 2.32. The van der Waals surface area contributed by atoms with E-state index in [2.05, 4.69) is 19.9 Å². The molecule has 0 spiro atoms. The summed E-state index contributed by atoms with van der Waals surface area (Å²) in [4.78, 5) is 26.7. The third-order valence-corrected chi connectivity index (χ3v) is 4.91. The molecule has 0 bridgehead atoms. The molecule has 0 aliphatic carbocycles. The largest absolute Gasteiger partial charge is 0.497 e. The number of carbonyl (C=O) groups is 1. The lowest BCUT2D eigenvalue weighted by Crippen LogP contribution is -2.40. The van der Waals surface area contributed by atoms with E-state index in [4.69, 9.17) is 9.47 Å². The van der Waals surface area contributed by atoms with Gasteiger partial charge in [0.25, 0.3) is 0 Å². The maximum absolute atomic E-state index is 12.1. The van der Waals surface area contributed by atoms with Gasteiger partial charge in [0.05, 0.1) is 25.2 Å². The number of nitrogens with one attached hydrogen (secondary N) is 1. The molecule has 1 aromatic carbocycles. The number of ether oxygens (including phenoxy) is 2. The van der Waals surface area contributed by atoms with Crippen molar-refractivity contribution in [2.45, 2.75) is 19.8 Å². The van der Waals surface area contributed by atoms with Gasteiger partial charge in [-0.15, -0.1) is 0 Å². The van der Waals surface area contributed by atoms with Gasteiger partial charge in [0.15, 0.2) is 5.82 Å². The molecule has 7 nitrogen and oxygen atoms in total.